The quantitative estimate of drug-likeness (QED) is 0.530. The lowest BCUT2D eigenvalue weighted by molar-refractivity contribution is 0.0974. The first kappa shape index (κ1) is 8.58. The molecule has 68 valence electrons. The highest BCUT2D eigenvalue weighted by Gasteiger charge is 2.09. The van der Waals surface area contributed by atoms with Gasteiger partial charge in [0.05, 0.1) is 6.42 Å². The number of benzene rings is 1. The van der Waals surface area contributed by atoms with Gasteiger partial charge in [-0.15, -0.1) is 6.42 Å². The number of furan rings is 1. The lowest BCUT2D eigenvalue weighted by Gasteiger charge is -1.87. The minimum absolute atomic E-state index is 0.0832. The van der Waals surface area contributed by atoms with Gasteiger partial charge in [-0.3, -0.25) is 4.79 Å². The number of ketones is 1. The number of carbonyl (C=O) groups excluding carboxylic acids is 1. The van der Waals surface area contributed by atoms with Crippen LogP contribution in [0.5, 0.6) is 0 Å². The third-order valence-corrected chi connectivity index (χ3v) is 1.96. The highest BCUT2D eigenvalue weighted by molar-refractivity contribution is 5.98. The van der Waals surface area contributed by atoms with E-state index in [1.165, 1.54) is 0 Å². The maximum absolute atomic E-state index is 11.4. The fourth-order valence-electron chi connectivity index (χ4n) is 1.30. The number of rotatable bonds is 2. The van der Waals surface area contributed by atoms with Crippen molar-refractivity contribution in [3.8, 4) is 12.3 Å². The molecule has 0 spiro atoms. The first-order chi connectivity index (χ1) is 6.81. The van der Waals surface area contributed by atoms with Crippen LogP contribution in [0.1, 0.15) is 17.0 Å². The van der Waals surface area contributed by atoms with Crippen molar-refractivity contribution >= 4 is 16.8 Å². The summed E-state index contributed by atoms with van der Waals surface area (Å²) in [6, 6.07) is 9.19. The molecule has 0 aliphatic carbocycles. The molecule has 14 heavy (non-hydrogen) atoms. The standard InChI is InChI=1S/C12H8O2/c1-2-5-10(13)12-8-9-6-3-4-7-11(9)14-12/h1,3-4,6-8H,5H2. The molecule has 2 aromatic rings. The Hall–Kier alpha value is -2.01. The Bertz CT molecular complexity index is 481. The largest absolute Gasteiger partial charge is 0.453 e. The van der Waals surface area contributed by atoms with Crippen molar-refractivity contribution < 1.29 is 9.21 Å². The number of carbonyl (C=O) groups is 1. The highest BCUT2D eigenvalue weighted by Crippen LogP contribution is 2.19. The summed E-state index contributed by atoms with van der Waals surface area (Å²) in [4.78, 5) is 11.4. The topological polar surface area (TPSA) is 30.2 Å². The Balaban J connectivity index is 2.46. The Kier molecular flexibility index (Phi) is 2.08. The van der Waals surface area contributed by atoms with Crippen LogP contribution in [0.3, 0.4) is 0 Å². The predicted octanol–water partition coefficient (Wildman–Crippen LogP) is 2.64. The van der Waals surface area contributed by atoms with Gasteiger partial charge in [-0.2, -0.15) is 0 Å². The summed E-state index contributed by atoms with van der Waals surface area (Å²) in [5.41, 5.74) is 0.716. The Labute approximate surface area is 81.5 Å². The predicted molar refractivity (Wildman–Crippen MR) is 54.0 cm³/mol. The minimum atomic E-state index is -0.149. The molecule has 0 fully saturated rings. The molecule has 0 radical (unpaired) electrons. The maximum Gasteiger partial charge on any atom is 0.209 e. The van der Waals surface area contributed by atoms with E-state index in [0.29, 0.717) is 11.3 Å². The van der Waals surface area contributed by atoms with Gasteiger partial charge in [0, 0.05) is 5.39 Å². The summed E-state index contributed by atoms with van der Waals surface area (Å²) in [5, 5.41) is 0.924. The second-order valence-corrected chi connectivity index (χ2v) is 2.95. The van der Waals surface area contributed by atoms with Crippen LogP contribution in [0.4, 0.5) is 0 Å². The van der Waals surface area contributed by atoms with Gasteiger partial charge in [0.2, 0.25) is 5.78 Å². The molecule has 0 bridgehead atoms. The molecular formula is C12H8O2. The molecule has 2 rings (SSSR count). The van der Waals surface area contributed by atoms with E-state index in [1.807, 2.05) is 24.3 Å². The van der Waals surface area contributed by atoms with E-state index in [0.717, 1.165) is 5.39 Å². The summed E-state index contributed by atoms with van der Waals surface area (Å²) < 4.78 is 5.34. The SMILES string of the molecule is C#CCC(=O)c1cc2ccccc2o1. The summed E-state index contributed by atoms with van der Waals surface area (Å²) in [6.45, 7) is 0. The summed E-state index contributed by atoms with van der Waals surface area (Å²) in [7, 11) is 0. The van der Waals surface area contributed by atoms with E-state index >= 15 is 0 Å². The Morgan fingerprint density at radius 1 is 1.43 bits per heavy atom. The fourth-order valence-corrected chi connectivity index (χ4v) is 1.30. The smallest absolute Gasteiger partial charge is 0.209 e. The van der Waals surface area contributed by atoms with Gasteiger partial charge >= 0.3 is 0 Å². The second-order valence-electron chi connectivity index (χ2n) is 2.95. The lowest BCUT2D eigenvalue weighted by atomic mass is 10.2. The van der Waals surface area contributed by atoms with Crippen molar-refractivity contribution in [2.24, 2.45) is 0 Å². The monoisotopic (exact) mass is 184 g/mol. The van der Waals surface area contributed by atoms with Gasteiger partial charge in [-0.05, 0) is 12.1 Å². The minimum Gasteiger partial charge on any atom is -0.453 e. The molecule has 1 aromatic carbocycles. The van der Waals surface area contributed by atoms with Crippen LogP contribution in [-0.2, 0) is 0 Å². The number of para-hydroxylation sites is 1. The number of hydrogen-bond acceptors (Lipinski definition) is 2. The van der Waals surface area contributed by atoms with E-state index in [-0.39, 0.29) is 12.2 Å². The van der Waals surface area contributed by atoms with Gasteiger partial charge in [-0.1, -0.05) is 24.1 Å². The molecule has 2 nitrogen and oxygen atoms in total. The van der Waals surface area contributed by atoms with Gasteiger partial charge < -0.3 is 4.42 Å². The molecule has 0 saturated heterocycles. The van der Waals surface area contributed by atoms with Gasteiger partial charge in [0.1, 0.15) is 5.58 Å². The fraction of sp³-hybridized carbons (Fsp3) is 0.0833. The molecule has 0 N–H and O–H groups in total. The van der Waals surface area contributed by atoms with Gasteiger partial charge in [0.25, 0.3) is 0 Å². The van der Waals surface area contributed by atoms with Crippen LogP contribution < -0.4 is 0 Å². The zero-order valence-corrected chi connectivity index (χ0v) is 7.49. The lowest BCUT2D eigenvalue weighted by Crippen LogP contribution is -1.93. The van der Waals surface area contributed by atoms with Gasteiger partial charge in [0.15, 0.2) is 5.76 Å². The Morgan fingerprint density at radius 3 is 2.93 bits per heavy atom. The zero-order chi connectivity index (χ0) is 9.97. The molecule has 0 saturated carbocycles. The van der Waals surface area contributed by atoms with E-state index in [1.54, 1.807) is 6.07 Å². The molecule has 0 atom stereocenters. The number of Topliss-reactive ketones (excluding diaryl/α,β-unsaturated/α-hetero) is 1. The first-order valence-corrected chi connectivity index (χ1v) is 4.26. The highest BCUT2D eigenvalue weighted by atomic mass is 16.3. The molecule has 0 aliphatic heterocycles. The summed E-state index contributed by atoms with van der Waals surface area (Å²) >= 11 is 0. The van der Waals surface area contributed by atoms with Crippen molar-refractivity contribution in [3.63, 3.8) is 0 Å². The average molecular weight is 184 g/mol. The van der Waals surface area contributed by atoms with Crippen LogP contribution in [0, 0.1) is 12.3 Å². The van der Waals surface area contributed by atoms with Crippen LogP contribution in [0.15, 0.2) is 34.7 Å². The maximum atomic E-state index is 11.4. The third-order valence-electron chi connectivity index (χ3n) is 1.96. The molecule has 1 heterocycles. The number of hydrogen-bond donors (Lipinski definition) is 0. The molecule has 0 aliphatic rings. The van der Waals surface area contributed by atoms with E-state index in [9.17, 15) is 4.79 Å². The van der Waals surface area contributed by atoms with Gasteiger partial charge in [-0.25, -0.2) is 0 Å². The van der Waals surface area contributed by atoms with Crippen molar-refractivity contribution in [3.05, 3.63) is 36.1 Å². The van der Waals surface area contributed by atoms with Crippen molar-refractivity contribution in [2.75, 3.05) is 0 Å². The molecule has 0 amide bonds. The van der Waals surface area contributed by atoms with Crippen molar-refractivity contribution in [1.29, 1.82) is 0 Å². The molecule has 1 aromatic heterocycles. The zero-order valence-electron chi connectivity index (χ0n) is 7.49. The first-order valence-electron chi connectivity index (χ1n) is 4.26. The van der Waals surface area contributed by atoms with E-state index in [4.69, 9.17) is 10.8 Å². The normalized spacial score (nSPS) is 9.93. The summed E-state index contributed by atoms with van der Waals surface area (Å²) in [5.74, 6) is 2.49. The molecular weight excluding hydrogens is 176 g/mol. The van der Waals surface area contributed by atoms with Crippen molar-refractivity contribution in [1.82, 2.24) is 0 Å². The van der Waals surface area contributed by atoms with E-state index in [2.05, 4.69) is 5.92 Å². The van der Waals surface area contributed by atoms with Crippen LogP contribution in [0.2, 0.25) is 0 Å². The number of fused-ring (bicyclic) bond motifs is 1. The van der Waals surface area contributed by atoms with Crippen molar-refractivity contribution in [2.45, 2.75) is 6.42 Å². The third kappa shape index (κ3) is 1.40. The van der Waals surface area contributed by atoms with Crippen LogP contribution >= 0.6 is 0 Å². The number of terminal acetylenes is 1. The second kappa shape index (κ2) is 3.39. The van der Waals surface area contributed by atoms with Crippen LogP contribution in [0.25, 0.3) is 11.0 Å². The van der Waals surface area contributed by atoms with E-state index < -0.39 is 0 Å². The Morgan fingerprint density at radius 2 is 2.21 bits per heavy atom. The molecule has 2 heteroatoms. The molecule has 0 unspecified atom stereocenters. The summed E-state index contributed by atoms with van der Waals surface area (Å²) in [6.07, 6.45) is 5.13. The van der Waals surface area contributed by atoms with Crippen LogP contribution in [-0.4, -0.2) is 5.78 Å². The average Bonchev–Trinajstić information content (AvgIpc) is 2.61.